The van der Waals surface area contributed by atoms with Crippen molar-refractivity contribution in [1.29, 1.82) is 5.26 Å². The van der Waals surface area contributed by atoms with Crippen LogP contribution in [0.2, 0.25) is 0 Å². The van der Waals surface area contributed by atoms with Gasteiger partial charge in [-0.05, 0) is 11.6 Å². The van der Waals surface area contributed by atoms with Gasteiger partial charge in [0.2, 0.25) is 0 Å². The number of nitrogens with zero attached hydrogens (tertiary/aromatic N) is 4. The molecule has 0 bridgehead atoms. The summed E-state index contributed by atoms with van der Waals surface area (Å²) in [5.74, 6) is -1.08. The van der Waals surface area contributed by atoms with Crippen molar-refractivity contribution in [3.63, 3.8) is 0 Å². The molecule has 106 valence electrons. The summed E-state index contributed by atoms with van der Waals surface area (Å²) in [6.07, 6.45) is 3.44. The van der Waals surface area contributed by atoms with Crippen molar-refractivity contribution >= 4 is 12.0 Å². The standard InChI is InChI=1S/C13H16N4O3/c1-16(10-12(18)19)13(20)17(7-3-5-14)9-11-4-2-6-15-8-11/h2,4,6,8H,3,7,9-10H2,1H3,(H,18,19). The number of carbonyl (C=O) groups excluding carboxylic acids is 1. The Hall–Kier alpha value is -2.62. The molecule has 0 aromatic carbocycles. The van der Waals surface area contributed by atoms with Gasteiger partial charge in [-0.2, -0.15) is 5.26 Å². The van der Waals surface area contributed by atoms with E-state index in [9.17, 15) is 9.59 Å². The van der Waals surface area contributed by atoms with E-state index < -0.39 is 12.0 Å². The maximum absolute atomic E-state index is 12.1. The Morgan fingerprint density at radius 2 is 2.25 bits per heavy atom. The normalized spacial score (nSPS) is 9.60. The van der Waals surface area contributed by atoms with Crippen molar-refractivity contribution in [3.05, 3.63) is 30.1 Å². The Balaban J connectivity index is 2.75. The van der Waals surface area contributed by atoms with E-state index in [1.807, 2.05) is 12.1 Å². The van der Waals surface area contributed by atoms with Crippen LogP contribution in [0.5, 0.6) is 0 Å². The maximum Gasteiger partial charge on any atom is 0.323 e. The minimum absolute atomic E-state index is 0.187. The fourth-order valence-electron chi connectivity index (χ4n) is 1.65. The monoisotopic (exact) mass is 276 g/mol. The molecule has 20 heavy (non-hydrogen) atoms. The number of likely N-dealkylation sites (N-methyl/N-ethyl adjacent to an activating group) is 1. The fraction of sp³-hybridized carbons (Fsp3) is 0.385. The van der Waals surface area contributed by atoms with Gasteiger partial charge in [0.25, 0.3) is 0 Å². The van der Waals surface area contributed by atoms with E-state index in [-0.39, 0.29) is 26.1 Å². The molecule has 1 N–H and O–H groups in total. The smallest absolute Gasteiger partial charge is 0.323 e. The van der Waals surface area contributed by atoms with Crippen LogP contribution in [0.3, 0.4) is 0 Å². The number of nitriles is 1. The van der Waals surface area contributed by atoms with E-state index in [1.165, 1.54) is 11.9 Å². The molecule has 0 saturated carbocycles. The molecule has 7 nitrogen and oxygen atoms in total. The van der Waals surface area contributed by atoms with E-state index in [1.54, 1.807) is 18.5 Å². The summed E-state index contributed by atoms with van der Waals surface area (Å²) in [4.78, 5) is 29.3. The third-order valence-electron chi connectivity index (χ3n) is 2.56. The second-order valence-electron chi connectivity index (χ2n) is 4.22. The second kappa shape index (κ2) is 7.74. The second-order valence-corrected chi connectivity index (χ2v) is 4.22. The molecule has 0 spiro atoms. The molecule has 0 saturated heterocycles. The Morgan fingerprint density at radius 1 is 1.50 bits per heavy atom. The highest BCUT2D eigenvalue weighted by molar-refractivity contribution is 5.79. The fourth-order valence-corrected chi connectivity index (χ4v) is 1.65. The molecule has 0 unspecified atom stereocenters. The van der Waals surface area contributed by atoms with Gasteiger partial charge in [-0.25, -0.2) is 4.79 Å². The number of urea groups is 1. The quantitative estimate of drug-likeness (QED) is 0.833. The molecule has 1 aromatic rings. The number of hydrogen-bond donors (Lipinski definition) is 1. The molecule has 0 aliphatic heterocycles. The van der Waals surface area contributed by atoms with Crippen LogP contribution >= 0.6 is 0 Å². The van der Waals surface area contributed by atoms with Crippen molar-refractivity contribution in [2.24, 2.45) is 0 Å². The molecular formula is C13H16N4O3. The number of carboxylic acid groups (broad SMARTS) is 1. The lowest BCUT2D eigenvalue weighted by Gasteiger charge is -2.26. The zero-order chi connectivity index (χ0) is 15.0. The van der Waals surface area contributed by atoms with Crippen LogP contribution in [0.15, 0.2) is 24.5 Å². The van der Waals surface area contributed by atoms with Crippen molar-refractivity contribution in [2.75, 3.05) is 20.1 Å². The molecule has 1 rings (SSSR count). The van der Waals surface area contributed by atoms with Gasteiger partial charge >= 0.3 is 12.0 Å². The average Bonchev–Trinajstić information content (AvgIpc) is 2.43. The van der Waals surface area contributed by atoms with Crippen molar-refractivity contribution in [1.82, 2.24) is 14.8 Å². The van der Waals surface area contributed by atoms with Crippen molar-refractivity contribution in [2.45, 2.75) is 13.0 Å². The Morgan fingerprint density at radius 3 is 2.80 bits per heavy atom. The summed E-state index contributed by atoms with van der Waals surface area (Å²) in [5.41, 5.74) is 0.822. The first-order chi connectivity index (χ1) is 9.54. The van der Waals surface area contributed by atoms with Gasteiger partial charge < -0.3 is 14.9 Å². The lowest BCUT2D eigenvalue weighted by molar-refractivity contribution is -0.137. The zero-order valence-corrected chi connectivity index (χ0v) is 11.2. The van der Waals surface area contributed by atoms with E-state index in [0.29, 0.717) is 0 Å². The van der Waals surface area contributed by atoms with Crippen LogP contribution in [0.4, 0.5) is 4.79 Å². The molecular weight excluding hydrogens is 260 g/mol. The number of amides is 2. The number of hydrogen-bond acceptors (Lipinski definition) is 4. The zero-order valence-electron chi connectivity index (χ0n) is 11.2. The summed E-state index contributed by atoms with van der Waals surface area (Å²) in [5, 5.41) is 17.3. The molecule has 2 amide bonds. The van der Waals surface area contributed by atoms with Gasteiger partial charge in [0, 0.05) is 32.5 Å². The number of carboxylic acids is 1. The molecule has 1 aromatic heterocycles. The highest BCUT2D eigenvalue weighted by Crippen LogP contribution is 2.06. The van der Waals surface area contributed by atoms with Crippen LogP contribution in [0.25, 0.3) is 0 Å². The van der Waals surface area contributed by atoms with E-state index in [4.69, 9.17) is 10.4 Å². The van der Waals surface area contributed by atoms with Crippen LogP contribution in [-0.2, 0) is 11.3 Å². The Kier molecular flexibility index (Phi) is 5.97. The number of pyridine rings is 1. The van der Waals surface area contributed by atoms with Crippen molar-refractivity contribution < 1.29 is 14.7 Å². The highest BCUT2D eigenvalue weighted by Gasteiger charge is 2.19. The van der Waals surface area contributed by atoms with Crippen LogP contribution in [0, 0.1) is 11.3 Å². The van der Waals surface area contributed by atoms with E-state index in [0.717, 1.165) is 10.5 Å². The molecule has 0 aliphatic carbocycles. The first-order valence-electron chi connectivity index (χ1n) is 6.02. The molecule has 7 heteroatoms. The molecule has 0 fully saturated rings. The van der Waals surface area contributed by atoms with Gasteiger partial charge in [-0.3, -0.25) is 9.78 Å². The summed E-state index contributed by atoms with van der Waals surface area (Å²) < 4.78 is 0. The Bertz CT molecular complexity index is 498. The maximum atomic E-state index is 12.1. The molecule has 0 atom stereocenters. The minimum Gasteiger partial charge on any atom is -0.480 e. The number of rotatable bonds is 6. The number of aliphatic carboxylic acids is 1. The van der Waals surface area contributed by atoms with Crippen LogP contribution in [0.1, 0.15) is 12.0 Å². The van der Waals surface area contributed by atoms with Gasteiger partial charge in [-0.15, -0.1) is 0 Å². The molecule has 0 aliphatic rings. The highest BCUT2D eigenvalue weighted by atomic mass is 16.4. The lowest BCUT2D eigenvalue weighted by Crippen LogP contribution is -2.43. The molecule has 1 heterocycles. The number of aromatic nitrogens is 1. The largest absolute Gasteiger partial charge is 0.480 e. The first-order valence-corrected chi connectivity index (χ1v) is 6.02. The number of carbonyl (C=O) groups is 2. The van der Waals surface area contributed by atoms with Gasteiger partial charge in [-0.1, -0.05) is 6.07 Å². The Labute approximate surface area is 117 Å². The lowest BCUT2D eigenvalue weighted by atomic mass is 10.2. The minimum atomic E-state index is -1.08. The summed E-state index contributed by atoms with van der Waals surface area (Å²) in [6.45, 7) is 0.154. The van der Waals surface area contributed by atoms with Gasteiger partial charge in [0.1, 0.15) is 6.54 Å². The third-order valence-corrected chi connectivity index (χ3v) is 2.56. The van der Waals surface area contributed by atoms with Gasteiger partial charge in [0.15, 0.2) is 0 Å². The summed E-state index contributed by atoms with van der Waals surface area (Å²) >= 11 is 0. The summed E-state index contributed by atoms with van der Waals surface area (Å²) in [6, 6.07) is 5.12. The van der Waals surface area contributed by atoms with Gasteiger partial charge in [0.05, 0.1) is 12.5 Å². The first kappa shape index (κ1) is 15.4. The average molecular weight is 276 g/mol. The van der Waals surface area contributed by atoms with Crippen molar-refractivity contribution in [3.8, 4) is 6.07 Å². The predicted molar refractivity (Wildman–Crippen MR) is 70.5 cm³/mol. The third kappa shape index (κ3) is 4.94. The predicted octanol–water partition coefficient (Wildman–Crippen LogP) is 0.934. The van der Waals surface area contributed by atoms with Crippen LogP contribution in [-0.4, -0.2) is 52.0 Å². The topological polar surface area (TPSA) is 97.5 Å². The SMILES string of the molecule is CN(CC(=O)O)C(=O)N(CCC#N)Cc1cccnc1. The van der Waals surface area contributed by atoms with E-state index >= 15 is 0 Å². The van der Waals surface area contributed by atoms with Crippen LogP contribution < -0.4 is 0 Å². The van der Waals surface area contributed by atoms with E-state index in [2.05, 4.69) is 4.98 Å². The summed E-state index contributed by atoms with van der Waals surface area (Å²) in [7, 11) is 1.42. The molecule has 0 radical (unpaired) electrons.